The molecule has 0 atom stereocenters. The Morgan fingerprint density at radius 3 is 2.34 bits per heavy atom. The summed E-state index contributed by atoms with van der Waals surface area (Å²) >= 11 is 1.39. The van der Waals surface area contributed by atoms with Gasteiger partial charge in [0, 0.05) is 51.5 Å². The molecule has 0 saturated carbocycles. The number of hydrogen-bond acceptors (Lipinski definition) is 6. The van der Waals surface area contributed by atoms with E-state index >= 15 is 0 Å². The fraction of sp³-hybridized carbons (Fsp3) is 0.542. The van der Waals surface area contributed by atoms with E-state index in [1.807, 2.05) is 24.3 Å². The third-order valence-corrected chi connectivity index (χ3v) is 5.82. The van der Waals surface area contributed by atoms with E-state index in [4.69, 9.17) is 9.47 Å². The van der Waals surface area contributed by atoms with E-state index in [1.54, 1.807) is 24.5 Å². The van der Waals surface area contributed by atoms with Crippen LogP contribution >= 0.6 is 11.3 Å². The molecule has 0 aliphatic heterocycles. The molecule has 2 aromatic rings. The van der Waals surface area contributed by atoms with Crippen LogP contribution < -0.4 is 5.32 Å². The van der Waals surface area contributed by atoms with Crippen molar-refractivity contribution in [2.24, 2.45) is 0 Å². The molecule has 0 aliphatic carbocycles. The largest absolute Gasteiger partial charge is 0.385 e. The Morgan fingerprint density at radius 2 is 1.72 bits per heavy atom. The molecular weight excluding hydrogens is 426 g/mol. The maximum Gasteiger partial charge on any atom is 0.270 e. The smallest absolute Gasteiger partial charge is 0.270 e. The molecule has 0 radical (unpaired) electrons. The van der Waals surface area contributed by atoms with Crippen molar-refractivity contribution in [1.82, 2.24) is 15.2 Å². The molecule has 0 fully saturated rings. The lowest BCUT2D eigenvalue weighted by molar-refractivity contribution is 0.0723. The van der Waals surface area contributed by atoms with Gasteiger partial charge in [-0.2, -0.15) is 0 Å². The quantitative estimate of drug-likeness (QED) is 0.485. The summed E-state index contributed by atoms with van der Waals surface area (Å²) in [4.78, 5) is 31.7. The first-order valence-electron chi connectivity index (χ1n) is 10.9. The molecule has 0 bridgehead atoms. The van der Waals surface area contributed by atoms with Crippen LogP contribution in [0.2, 0.25) is 0 Å². The molecule has 0 unspecified atom stereocenters. The Bertz CT molecular complexity index is 859. The fourth-order valence-electron chi connectivity index (χ4n) is 3.11. The zero-order valence-corrected chi connectivity index (χ0v) is 20.6. The standard InChI is InChI=1S/C24H35N3O4S/c1-24(2,3)19-10-8-18(9-11-19)23(29)27(13-7-15-31-5)16-21-26-20(17-32-21)22(28)25-12-6-14-30-4/h8-11,17H,6-7,12-16H2,1-5H3,(H,25,28). The second-order valence-electron chi connectivity index (χ2n) is 8.63. The highest BCUT2D eigenvalue weighted by molar-refractivity contribution is 7.09. The van der Waals surface area contributed by atoms with E-state index in [2.05, 4.69) is 31.1 Å². The van der Waals surface area contributed by atoms with E-state index in [0.717, 1.165) is 17.8 Å². The van der Waals surface area contributed by atoms with Gasteiger partial charge in [-0.05, 0) is 36.0 Å². The van der Waals surface area contributed by atoms with Gasteiger partial charge in [-0.1, -0.05) is 32.9 Å². The Kier molecular flexibility index (Phi) is 10.3. The monoisotopic (exact) mass is 461 g/mol. The minimum absolute atomic E-state index is 0.0289. The minimum atomic E-state index is -0.210. The number of thiazole rings is 1. The van der Waals surface area contributed by atoms with Crippen molar-refractivity contribution in [3.63, 3.8) is 0 Å². The summed E-state index contributed by atoms with van der Waals surface area (Å²) in [6, 6.07) is 7.78. The maximum atomic E-state index is 13.2. The summed E-state index contributed by atoms with van der Waals surface area (Å²) in [7, 11) is 3.28. The Hall–Kier alpha value is -2.29. The van der Waals surface area contributed by atoms with Gasteiger partial charge in [0.1, 0.15) is 10.7 Å². The number of nitrogens with one attached hydrogen (secondary N) is 1. The number of carbonyl (C=O) groups is 2. The number of amides is 2. The lowest BCUT2D eigenvalue weighted by atomic mass is 9.86. The zero-order chi connectivity index (χ0) is 23.6. The number of hydrogen-bond donors (Lipinski definition) is 1. The van der Waals surface area contributed by atoms with Crippen molar-refractivity contribution >= 4 is 23.2 Å². The van der Waals surface area contributed by atoms with E-state index in [9.17, 15) is 9.59 Å². The van der Waals surface area contributed by atoms with Crippen molar-refractivity contribution in [2.75, 3.05) is 40.5 Å². The average Bonchev–Trinajstić information content (AvgIpc) is 3.24. The SMILES string of the molecule is COCCCNC(=O)c1csc(CN(CCCOC)C(=O)c2ccc(C(C)(C)C)cc2)n1. The molecule has 2 amide bonds. The van der Waals surface area contributed by atoms with Crippen molar-refractivity contribution in [2.45, 2.75) is 45.6 Å². The van der Waals surface area contributed by atoms with Gasteiger partial charge < -0.3 is 19.7 Å². The summed E-state index contributed by atoms with van der Waals surface area (Å²) in [6.07, 6.45) is 1.47. The Balaban J connectivity index is 2.08. The number of carbonyl (C=O) groups excluding carboxylic acids is 2. The first-order chi connectivity index (χ1) is 15.3. The van der Waals surface area contributed by atoms with Gasteiger partial charge in [-0.25, -0.2) is 4.98 Å². The van der Waals surface area contributed by atoms with Crippen LogP contribution in [0.5, 0.6) is 0 Å². The van der Waals surface area contributed by atoms with Gasteiger partial charge in [0.15, 0.2) is 0 Å². The first kappa shape index (κ1) is 26.0. The number of benzene rings is 1. The molecule has 1 heterocycles. The molecule has 176 valence electrons. The van der Waals surface area contributed by atoms with E-state index in [0.29, 0.717) is 44.1 Å². The number of aromatic nitrogens is 1. The third-order valence-electron chi connectivity index (χ3n) is 4.98. The molecule has 0 saturated heterocycles. The number of rotatable bonds is 12. The van der Waals surface area contributed by atoms with Crippen LogP contribution in [0.4, 0.5) is 0 Å². The lowest BCUT2D eigenvalue weighted by Gasteiger charge is -2.23. The van der Waals surface area contributed by atoms with Crippen molar-refractivity contribution in [3.05, 3.63) is 51.5 Å². The number of ether oxygens (including phenoxy) is 2. The summed E-state index contributed by atoms with van der Waals surface area (Å²) in [5, 5.41) is 5.30. The normalized spacial score (nSPS) is 11.4. The predicted molar refractivity (Wildman–Crippen MR) is 127 cm³/mol. The van der Waals surface area contributed by atoms with Gasteiger partial charge >= 0.3 is 0 Å². The minimum Gasteiger partial charge on any atom is -0.385 e. The van der Waals surface area contributed by atoms with Crippen LogP contribution in [0.25, 0.3) is 0 Å². The molecule has 7 nitrogen and oxygen atoms in total. The molecule has 8 heteroatoms. The van der Waals surface area contributed by atoms with Crippen molar-refractivity contribution < 1.29 is 19.1 Å². The molecule has 2 rings (SSSR count). The molecule has 1 N–H and O–H groups in total. The molecule has 0 aliphatic rings. The first-order valence-corrected chi connectivity index (χ1v) is 11.7. The second-order valence-corrected chi connectivity index (χ2v) is 9.57. The van der Waals surface area contributed by atoms with Crippen molar-refractivity contribution in [3.8, 4) is 0 Å². The predicted octanol–water partition coefficient (Wildman–Crippen LogP) is 3.89. The van der Waals surface area contributed by atoms with Crippen LogP contribution in [0.3, 0.4) is 0 Å². The molecule has 1 aromatic heterocycles. The summed E-state index contributed by atoms with van der Waals surface area (Å²) in [6.45, 7) is 9.04. The van der Waals surface area contributed by atoms with Crippen LogP contribution in [-0.4, -0.2) is 62.2 Å². The molecule has 1 aromatic carbocycles. The topological polar surface area (TPSA) is 80.8 Å². The van der Waals surface area contributed by atoms with Crippen LogP contribution in [0, 0.1) is 0 Å². The molecule has 32 heavy (non-hydrogen) atoms. The van der Waals surface area contributed by atoms with Gasteiger partial charge in [0.25, 0.3) is 11.8 Å². The van der Waals surface area contributed by atoms with Crippen LogP contribution in [0.15, 0.2) is 29.6 Å². The average molecular weight is 462 g/mol. The van der Waals surface area contributed by atoms with E-state index in [-0.39, 0.29) is 17.2 Å². The van der Waals surface area contributed by atoms with Gasteiger partial charge in [0.2, 0.25) is 0 Å². The summed E-state index contributed by atoms with van der Waals surface area (Å²) in [5.74, 6) is -0.263. The Labute approximate surface area is 195 Å². The van der Waals surface area contributed by atoms with Gasteiger partial charge in [0.05, 0.1) is 6.54 Å². The maximum absolute atomic E-state index is 13.2. The van der Waals surface area contributed by atoms with Gasteiger partial charge in [-0.15, -0.1) is 11.3 Å². The third kappa shape index (κ3) is 8.00. The highest BCUT2D eigenvalue weighted by Crippen LogP contribution is 2.23. The number of nitrogens with zero attached hydrogens (tertiary/aromatic N) is 2. The Morgan fingerprint density at radius 1 is 1.06 bits per heavy atom. The highest BCUT2D eigenvalue weighted by Gasteiger charge is 2.20. The van der Waals surface area contributed by atoms with Crippen molar-refractivity contribution in [1.29, 1.82) is 0 Å². The van der Waals surface area contributed by atoms with Gasteiger partial charge in [-0.3, -0.25) is 9.59 Å². The van der Waals surface area contributed by atoms with E-state index in [1.165, 1.54) is 16.9 Å². The highest BCUT2D eigenvalue weighted by atomic mass is 32.1. The fourth-order valence-corrected chi connectivity index (χ4v) is 3.90. The second kappa shape index (κ2) is 12.7. The van der Waals surface area contributed by atoms with E-state index < -0.39 is 0 Å². The van der Waals surface area contributed by atoms with Crippen LogP contribution in [-0.2, 0) is 21.4 Å². The summed E-state index contributed by atoms with van der Waals surface area (Å²) in [5.41, 5.74) is 2.23. The lowest BCUT2D eigenvalue weighted by Crippen LogP contribution is -2.32. The zero-order valence-electron chi connectivity index (χ0n) is 19.8. The molecule has 0 spiro atoms. The molecular formula is C24H35N3O4S. The summed E-state index contributed by atoms with van der Waals surface area (Å²) < 4.78 is 10.1. The van der Waals surface area contributed by atoms with Crippen LogP contribution in [0.1, 0.15) is 65.0 Å². The number of methoxy groups -OCH3 is 2.